The molecule has 0 radical (unpaired) electrons. The van der Waals surface area contributed by atoms with Crippen LogP contribution in [-0.4, -0.2) is 30.6 Å². The third-order valence-corrected chi connectivity index (χ3v) is 5.41. The Bertz CT molecular complexity index is 371. The van der Waals surface area contributed by atoms with Gasteiger partial charge in [0.15, 0.2) is 5.25 Å². The molecule has 1 saturated heterocycles. The maximum Gasteiger partial charge on any atom is 0.230 e. The monoisotopic (exact) mass is 214 g/mol. The number of fused-ring (bicyclic) bond motifs is 2. The van der Waals surface area contributed by atoms with Gasteiger partial charge >= 0.3 is 0 Å². The van der Waals surface area contributed by atoms with Crippen LogP contribution in [0, 0.1) is 17.2 Å². The van der Waals surface area contributed by atoms with Gasteiger partial charge in [-0.3, -0.25) is 0 Å². The van der Waals surface area contributed by atoms with Crippen LogP contribution in [0.25, 0.3) is 0 Å². The topological polar surface area (TPSA) is 61.2 Å². The van der Waals surface area contributed by atoms with E-state index in [1.54, 1.807) is 4.31 Å². The molecule has 2 rings (SSSR count). The highest BCUT2D eigenvalue weighted by molar-refractivity contribution is 7.90. The molecule has 0 aromatic rings. The van der Waals surface area contributed by atoms with E-state index < -0.39 is 15.3 Å². The Morgan fingerprint density at radius 3 is 2.64 bits per heavy atom. The molecule has 3 atom stereocenters. The first-order chi connectivity index (χ1) is 6.55. The smallest absolute Gasteiger partial charge is 0.211 e. The molecule has 0 spiro atoms. The normalized spacial score (nSPS) is 34.3. The highest BCUT2D eigenvalue weighted by Gasteiger charge is 2.45. The summed E-state index contributed by atoms with van der Waals surface area (Å²) in [5.74, 6) is 0.542. The van der Waals surface area contributed by atoms with Crippen molar-refractivity contribution in [1.29, 1.82) is 5.26 Å². The van der Waals surface area contributed by atoms with Crippen molar-refractivity contribution >= 4 is 10.0 Å². The van der Waals surface area contributed by atoms with Crippen LogP contribution >= 0.6 is 0 Å². The van der Waals surface area contributed by atoms with Gasteiger partial charge in [0.2, 0.25) is 10.0 Å². The van der Waals surface area contributed by atoms with Crippen molar-refractivity contribution in [2.24, 2.45) is 5.92 Å². The summed E-state index contributed by atoms with van der Waals surface area (Å²) in [4.78, 5) is 0. The van der Waals surface area contributed by atoms with E-state index in [-0.39, 0.29) is 6.04 Å². The van der Waals surface area contributed by atoms with E-state index in [0.29, 0.717) is 12.5 Å². The van der Waals surface area contributed by atoms with Crippen LogP contribution in [0.4, 0.5) is 0 Å². The van der Waals surface area contributed by atoms with Crippen molar-refractivity contribution in [3.05, 3.63) is 0 Å². The summed E-state index contributed by atoms with van der Waals surface area (Å²) in [7, 11) is -3.35. The van der Waals surface area contributed by atoms with Crippen molar-refractivity contribution in [3.63, 3.8) is 0 Å². The van der Waals surface area contributed by atoms with Crippen molar-refractivity contribution in [2.75, 3.05) is 6.54 Å². The van der Waals surface area contributed by atoms with Crippen molar-refractivity contribution in [3.8, 4) is 6.07 Å². The summed E-state index contributed by atoms with van der Waals surface area (Å²) in [6, 6.07) is 1.99. The van der Waals surface area contributed by atoms with Crippen molar-refractivity contribution in [1.82, 2.24) is 4.31 Å². The molecule has 78 valence electrons. The Hall–Kier alpha value is -0.600. The van der Waals surface area contributed by atoms with E-state index in [1.807, 2.05) is 6.07 Å². The number of piperidine rings is 1. The Morgan fingerprint density at radius 2 is 2.21 bits per heavy atom. The Kier molecular flexibility index (Phi) is 2.28. The molecule has 2 fully saturated rings. The van der Waals surface area contributed by atoms with E-state index in [9.17, 15) is 8.42 Å². The molecule has 4 nitrogen and oxygen atoms in total. The summed E-state index contributed by atoms with van der Waals surface area (Å²) in [6.07, 6.45) is 3.12. The van der Waals surface area contributed by atoms with Gasteiger partial charge in [0.05, 0.1) is 6.07 Å². The van der Waals surface area contributed by atoms with Gasteiger partial charge in [-0.05, 0) is 32.1 Å². The number of hydrogen-bond acceptors (Lipinski definition) is 3. The molecule has 1 heterocycles. The second kappa shape index (κ2) is 3.21. The van der Waals surface area contributed by atoms with Crippen LogP contribution in [0.15, 0.2) is 0 Å². The van der Waals surface area contributed by atoms with Gasteiger partial charge in [0, 0.05) is 12.6 Å². The largest absolute Gasteiger partial charge is 0.230 e. The molecule has 0 aromatic carbocycles. The molecule has 2 aliphatic rings. The molecular formula is C9H14N2O2S. The first-order valence-corrected chi connectivity index (χ1v) is 6.46. The van der Waals surface area contributed by atoms with Crippen LogP contribution in [-0.2, 0) is 10.0 Å². The van der Waals surface area contributed by atoms with Gasteiger partial charge in [-0.1, -0.05) is 0 Å². The molecule has 0 N–H and O–H groups in total. The molecule has 1 aliphatic heterocycles. The fourth-order valence-corrected chi connectivity index (χ4v) is 4.03. The predicted octanol–water partition coefficient (Wildman–Crippen LogP) is 0.713. The first-order valence-electron chi connectivity index (χ1n) is 4.96. The zero-order valence-corrected chi connectivity index (χ0v) is 9.00. The second-order valence-corrected chi connectivity index (χ2v) is 6.42. The molecular weight excluding hydrogens is 200 g/mol. The highest BCUT2D eigenvalue weighted by Crippen LogP contribution is 2.39. The third kappa shape index (κ3) is 1.33. The third-order valence-electron chi connectivity index (χ3n) is 3.31. The Morgan fingerprint density at radius 1 is 1.50 bits per heavy atom. The number of rotatable bonds is 2. The summed E-state index contributed by atoms with van der Waals surface area (Å²) in [5, 5.41) is 7.74. The second-order valence-electron chi connectivity index (χ2n) is 4.22. The fraction of sp³-hybridized carbons (Fsp3) is 0.889. The molecule has 1 saturated carbocycles. The first kappa shape index (κ1) is 9.94. The Balaban J connectivity index is 2.21. The number of nitriles is 1. The average Bonchev–Trinajstić information content (AvgIpc) is 2.77. The minimum atomic E-state index is -3.35. The zero-order valence-electron chi connectivity index (χ0n) is 8.18. The predicted molar refractivity (Wildman–Crippen MR) is 51.8 cm³/mol. The molecule has 5 heteroatoms. The summed E-state index contributed by atoms with van der Waals surface area (Å²) in [5.41, 5.74) is 0. The molecule has 0 amide bonds. The quantitative estimate of drug-likeness (QED) is 0.680. The van der Waals surface area contributed by atoms with Gasteiger partial charge in [-0.2, -0.15) is 9.57 Å². The maximum absolute atomic E-state index is 11.9. The van der Waals surface area contributed by atoms with Crippen LogP contribution in [0.5, 0.6) is 0 Å². The van der Waals surface area contributed by atoms with E-state index in [0.717, 1.165) is 19.3 Å². The van der Waals surface area contributed by atoms with E-state index in [2.05, 4.69) is 0 Å². The zero-order chi connectivity index (χ0) is 10.3. The van der Waals surface area contributed by atoms with E-state index >= 15 is 0 Å². The lowest BCUT2D eigenvalue weighted by Crippen LogP contribution is -2.41. The van der Waals surface area contributed by atoms with Crippen LogP contribution in [0.1, 0.15) is 26.2 Å². The molecule has 2 bridgehead atoms. The van der Waals surface area contributed by atoms with Gasteiger partial charge in [-0.25, -0.2) is 8.42 Å². The average molecular weight is 214 g/mol. The molecule has 3 unspecified atom stereocenters. The van der Waals surface area contributed by atoms with Gasteiger partial charge in [-0.15, -0.1) is 0 Å². The van der Waals surface area contributed by atoms with Gasteiger partial charge < -0.3 is 0 Å². The van der Waals surface area contributed by atoms with Crippen molar-refractivity contribution in [2.45, 2.75) is 37.5 Å². The van der Waals surface area contributed by atoms with Gasteiger partial charge in [0.1, 0.15) is 0 Å². The summed E-state index contributed by atoms with van der Waals surface area (Å²) < 4.78 is 25.3. The Labute approximate surface area is 84.6 Å². The summed E-state index contributed by atoms with van der Waals surface area (Å²) in [6.45, 7) is 2.10. The lowest BCUT2D eigenvalue weighted by Gasteiger charge is -2.26. The van der Waals surface area contributed by atoms with Crippen LogP contribution in [0.3, 0.4) is 0 Å². The lowest BCUT2D eigenvalue weighted by atomic mass is 10.1. The van der Waals surface area contributed by atoms with Crippen LogP contribution < -0.4 is 0 Å². The minimum Gasteiger partial charge on any atom is -0.211 e. The SMILES string of the molecule is CC(C#N)S(=O)(=O)N1CC2CCC1C2. The fourth-order valence-electron chi connectivity index (χ4n) is 2.46. The number of sulfonamides is 1. The van der Waals surface area contributed by atoms with E-state index in [1.165, 1.54) is 6.92 Å². The molecule has 0 aromatic heterocycles. The number of nitrogens with zero attached hydrogens (tertiary/aromatic N) is 2. The van der Waals surface area contributed by atoms with Gasteiger partial charge in [0.25, 0.3) is 0 Å². The standard InChI is InChI=1S/C9H14N2O2S/c1-7(5-10)14(12,13)11-6-8-2-3-9(11)4-8/h7-9H,2-4,6H2,1H3. The minimum absolute atomic E-state index is 0.181. The van der Waals surface area contributed by atoms with E-state index in [4.69, 9.17) is 5.26 Å². The molecule has 14 heavy (non-hydrogen) atoms. The molecule has 1 aliphatic carbocycles. The maximum atomic E-state index is 11.9. The summed E-state index contributed by atoms with van der Waals surface area (Å²) >= 11 is 0. The number of hydrogen-bond donors (Lipinski definition) is 0. The van der Waals surface area contributed by atoms with Crippen LogP contribution in [0.2, 0.25) is 0 Å². The highest BCUT2D eigenvalue weighted by atomic mass is 32.2. The lowest BCUT2D eigenvalue weighted by molar-refractivity contribution is 0.332. The van der Waals surface area contributed by atoms with Crippen molar-refractivity contribution < 1.29 is 8.42 Å².